The topological polar surface area (TPSA) is 41.6 Å². The van der Waals surface area contributed by atoms with Gasteiger partial charge < -0.3 is 15.0 Å². The number of para-hydroxylation sites is 1. The Kier molecular flexibility index (Phi) is 7.09. The first kappa shape index (κ1) is 16.5. The fraction of sp³-hybridized carbons (Fsp3) is 0.562. The van der Waals surface area contributed by atoms with E-state index in [2.05, 4.69) is 19.2 Å². The Bertz CT molecular complexity index is 419. The van der Waals surface area contributed by atoms with E-state index in [1.807, 2.05) is 38.2 Å². The van der Waals surface area contributed by atoms with Crippen molar-refractivity contribution in [2.45, 2.75) is 39.8 Å². The Hall–Kier alpha value is -1.55. The van der Waals surface area contributed by atoms with E-state index in [1.54, 1.807) is 4.90 Å². The summed E-state index contributed by atoms with van der Waals surface area (Å²) >= 11 is 0. The van der Waals surface area contributed by atoms with Gasteiger partial charge in [0.15, 0.2) is 0 Å². The molecule has 112 valence electrons. The molecular weight excluding hydrogens is 252 g/mol. The van der Waals surface area contributed by atoms with Gasteiger partial charge in [-0.05, 0) is 13.0 Å². The van der Waals surface area contributed by atoms with Crippen LogP contribution in [-0.4, -0.2) is 37.0 Å². The van der Waals surface area contributed by atoms with Crippen LogP contribution in [0.5, 0.6) is 5.75 Å². The molecule has 0 atom stereocenters. The van der Waals surface area contributed by atoms with Gasteiger partial charge in [-0.3, -0.25) is 4.79 Å². The number of nitrogens with zero attached hydrogens (tertiary/aromatic N) is 1. The first-order valence-corrected chi connectivity index (χ1v) is 7.22. The van der Waals surface area contributed by atoms with E-state index in [-0.39, 0.29) is 5.91 Å². The third kappa shape index (κ3) is 5.61. The molecule has 0 aromatic heterocycles. The third-order valence-electron chi connectivity index (χ3n) is 3.00. The summed E-state index contributed by atoms with van der Waals surface area (Å²) in [6, 6.07) is 8.27. The minimum absolute atomic E-state index is 0.143. The molecule has 0 fully saturated rings. The number of rotatable bonds is 8. The zero-order valence-corrected chi connectivity index (χ0v) is 13.0. The van der Waals surface area contributed by atoms with Gasteiger partial charge in [-0.2, -0.15) is 0 Å². The molecule has 0 bridgehead atoms. The van der Waals surface area contributed by atoms with E-state index in [0.717, 1.165) is 11.3 Å². The van der Waals surface area contributed by atoms with Crippen LogP contribution in [0.2, 0.25) is 0 Å². The Morgan fingerprint density at radius 1 is 1.35 bits per heavy atom. The van der Waals surface area contributed by atoms with Crippen LogP contribution in [0.15, 0.2) is 24.3 Å². The van der Waals surface area contributed by atoms with Gasteiger partial charge in [-0.25, -0.2) is 0 Å². The van der Waals surface area contributed by atoms with Crippen LogP contribution < -0.4 is 10.1 Å². The first-order chi connectivity index (χ1) is 9.54. The minimum Gasteiger partial charge on any atom is -0.494 e. The molecule has 0 unspecified atom stereocenters. The highest BCUT2D eigenvalue weighted by Gasteiger charge is 2.11. The van der Waals surface area contributed by atoms with E-state index in [9.17, 15) is 4.79 Å². The molecule has 0 spiro atoms. The second kappa shape index (κ2) is 8.59. The zero-order chi connectivity index (χ0) is 15.0. The van der Waals surface area contributed by atoms with E-state index in [1.165, 1.54) is 0 Å². The number of hydrogen-bond acceptors (Lipinski definition) is 3. The van der Waals surface area contributed by atoms with E-state index < -0.39 is 0 Å². The lowest BCUT2D eigenvalue weighted by Gasteiger charge is -2.19. The quantitative estimate of drug-likeness (QED) is 0.794. The fourth-order valence-electron chi connectivity index (χ4n) is 1.93. The number of hydrogen-bond donors (Lipinski definition) is 1. The van der Waals surface area contributed by atoms with E-state index in [4.69, 9.17) is 4.74 Å². The lowest BCUT2D eigenvalue weighted by molar-refractivity contribution is -0.130. The second-order valence-corrected chi connectivity index (χ2v) is 5.15. The Labute approximate surface area is 122 Å². The number of amides is 1. The van der Waals surface area contributed by atoms with E-state index in [0.29, 0.717) is 32.2 Å². The predicted octanol–water partition coefficient (Wildman–Crippen LogP) is 2.43. The Balaban J connectivity index is 2.52. The molecule has 4 heteroatoms. The highest BCUT2D eigenvalue weighted by atomic mass is 16.5. The molecule has 0 aliphatic heterocycles. The summed E-state index contributed by atoms with van der Waals surface area (Å²) in [7, 11) is 1.83. The normalized spacial score (nSPS) is 10.7. The molecule has 1 aromatic carbocycles. The van der Waals surface area contributed by atoms with Crippen molar-refractivity contribution in [1.82, 2.24) is 10.2 Å². The standard InChI is InChI=1S/C16H26N2O2/c1-5-20-15-9-7-6-8-14(15)12-18(4)16(19)10-11-17-13(2)3/h6-9,13,17H,5,10-12H2,1-4H3. The van der Waals surface area contributed by atoms with Crippen molar-refractivity contribution in [3.05, 3.63) is 29.8 Å². The number of ether oxygens (including phenoxy) is 1. The van der Waals surface area contributed by atoms with Crippen LogP contribution >= 0.6 is 0 Å². The highest BCUT2D eigenvalue weighted by Crippen LogP contribution is 2.19. The summed E-state index contributed by atoms with van der Waals surface area (Å²) in [5.41, 5.74) is 1.04. The van der Waals surface area contributed by atoms with Crippen molar-refractivity contribution in [3.63, 3.8) is 0 Å². The molecular formula is C16H26N2O2. The molecule has 0 aliphatic carbocycles. The van der Waals surface area contributed by atoms with Crippen molar-refractivity contribution in [2.75, 3.05) is 20.2 Å². The Morgan fingerprint density at radius 2 is 2.05 bits per heavy atom. The molecule has 1 rings (SSSR count). The molecule has 0 saturated heterocycles. The van der Waals surface area contributed by atoms with Crippen LogP contribution in [0.25, 0.3) is 0 Å². The highest BCUT2D eigenvalue weighted by molar-refractivity contribution is 5.76. The molecule has 1 amide bonds. The summed E-state index contributed by atoms with van der Waals surface area (Å²) in [5, 5.41) is 3.25. The van der Waals surface area contributed by atoms with Gasteiger partial charge in [0.2, 0.25) is 5.91 Å². The lowest BCUT2D eigenvalue weighted by Crippen LogP contribution is -2.31. The maximum absolute atomic E-state index is 12.0. The van der Waals surface area contributed by atoms with Crippen LogP contribution in [0.1, 0.15) is 32.8 Å². The van der Waals surface area contributed by atoms with Crippen LogP contribution in [0.4, 0.5) is 0 Å². The van der Waals surface area contributed by atoms with Crippen molar-refractivity contribution in [1.29, 1.82) is 0 Å². The fourth-order valence-corrected chi connectivity index (χ4v) is 1.93. The first-order valence-electron chi connectivity index (χ1n) is 7.22. The van der Waals surface area contributed by atoms with Crippen LogP contribution in [0.3, 0.4) is 0 Å². The van der Waals surface area contributed by atoms with Crippen LogP contribution in [-0.2, 0) is 11.3 Å². The summed E-state index contributed by atoms with van der Waals surface area (Å²) in [6.45, 7) is 8.04. The summed E-state index contributed by atoms with van der Waals surface area (Å²) in [5.74, 6) is 0.999. The smallest absolute Gasteiger partial charge is 0.223 e. The predicted molar refractivity (Wildman–Crippen MR) is 81.8 cm³/mol. The Morgan fingerprint density at radius 3 is 2.70 bits per heavy atom. The average Bonchev–Trinajstić information content (AvgIpc) is 2.40. The van der Waals surface area contributed by atoms with Crippen molar-refractivity contribution < 1.29 is 9.53 Å². The summed E-state index contributed by atoms with van der Waals surface area (Å²) in [6.07, 6.45) is 0.519. The number of carbonyl (C=O) groups excluding carboxylic acids is 1. The SMILES string of the molecule is CCOc1ccccc1CN(C)C(=O)CCNC(C)C. The van der Waals surface area contributed by atoms with E-state index >= 15 is 0 Å². The molecule has 4 nitrogen and oxygen atoms in total. The maximum Gasteiger partial charge on any atom is 0.223 e. The minimum atomic E-state index is 0.143. The van der Waals surface area contributed by atoms with Crippen molar-refractivity contribution in [3.8, 4) is 5.75 Å². The third-order valence-corrected chi connectivity index (χ3v) is 3.00. The van der Waals surface area contributed by atoms with Gasteiger partial charge in [0.25, 0.3) is 0 Å². The van der Waals surface area contributed by atoms with Gasteiger partial charge >= 0.3 is 0 Å². The average molecular weight is 278 g/mol. The summed E-state index contributed by atoms with van der Waals surface area (Å²) < 4.78 is 5.58. The number of benzene rings is 1. The lowest BCUT2D eigenvalue weighted by atomic mass is 10.2. The van der Waals surface area contributed by atoms with Gasteiger partial charge in [0.1, 0.15) is 5.75 Å². The van der Waals surface area contributed by atoms with Gasteiger partial charge in [-0.15, -0.1) is 0 Å². The van der Waals surface area contributed by atoms with Crippen molar-refractivity contribution in [2.24, 2.45) is 0 Å². The van der Waals surface area contributed by atoms with Crippen molar-refractivity contribution >= 4 is 5.91 Å². The van der Waals surface area contributed by atoms with Gasteiger partial charge in [0.05, 0.1) is 6.61 Å². The van der Waals surface area contributed by atoms with Gasteiger partial charge in [0, 0.05) is 38.2 Å². The summed E-state index contributed by atoms with van der Waals surface area (Å²) in [4.78, 5) is 13.8. The zero-order valence-electron chi connectivity index (χ0n) is 13.0. The van der Waals surface area contributed by atoms with Crippen LogP contribution in [0, 0.1) is 0 Å². The number of carbonyl (C=O) groups is 1. The monoisotopic (exact) mass is 278 g/mol. The maximum atomic E-state index is 12.0. The second-order valence-electron chi connectivity index (χ2n) is 5.15. The molecule has 0 aliphatic rings. The molecule has 1 aromatic rings. The number of nitrogens with one attached hydrogen (secondary N) is 1. The van der Waals surface area contributed by atoms with Gasteiger partial charge in [-0.1, -0.05) is 32.0 Å². The largest absolute Gasteiger partial charge is 0.494 e. The molecule has 1 N–H and O–H groups in total. The molecule has 0 radical (unpaired) electrons. The molecule has 0 saturated carbocycles. The molecule has 20 heavy (non-hydrogen) atoms. The molecule has 0 heterocycles.